The standard InChI is InChI=1S/C33H69BO3S3/c38-31-25-19-13-7-1-4-10-16-22-28-35-34(36-29-23-17-11-5-2-8-14-20-26-32-39)37-30-24-18-12-6-3-9-15-21-27-33-40/h38-40H,1-33H2. The molecule has 0 aromatic carbocycles. The Morgan fingerprint density at radius 1 is 0.250 bits per heavy atom. The van der Waals surface area contributed by atoms with Crippen LogP contribution in [0.3, 0.4) is 0 Å². The average molecular weight is 621 g/mol. The predicted octanol–water partition coefficient (Wildman–Crippen LogP) is 11.3. The van der Waals surface area contributed by atoms with Crippen molar-refractivity contribution in [3.63, 3.8) is 0 Å². The van der Waals surface area contributed by atoms with E-state index in [9.17, 15) is 0 Å². The summed E-state index contributed by atoms with van der Waals surface area (Å²) < 4.78 is 18.1. The van der Waals surface area contributed by atoms with E-state index >= 15 is 0 Å². The summed E-state index contributed by atoms with van der Waals surface area (Å²) in [4.78, 5) is 0. The molecule has 0 bridgehead atoms. The van der Waals surface area contributed by atoms with E-state index in [1.54, 1.807) is 0 Å². The van der Waals surface area contributed by atoms with Crippen LogP contribution >= 0.6 is 37.9 Å². The normalized spacial score (nSPS) is 11.5. The Balaban J connectivity index is 3.89. The molecule has 0 heterocycles. The summed E-state index contributed by atoms with van der Waals surface area (Å²) in [5, 5.41) is 0. The van der Waals surface area contributed by atoms with Gasteiger partial charge >= 0.3 is 7.32 Å². The Morgan fingerprint density at radius 3 is 0.625 bits per heavy atom. The van der Waals surface area contributed by atoms with Crippen LogP contribution in [0.5, 0.6) is 0 Å². The molecule has 0 aromatic rings. The van der Waals surface area contributed by atoms with Gasteiger partial charge in [-0.15, -0.1) is 0 Å². The first kappa shape index (κ1) is 41.0. The van der Waals surface area contributed by atoms with Crippen LogP contribution in [0, 0.1) is 0 Å². The molecule has 40 heavy (non-hydrogen) atoms. The topological polar surface area (TPSA) is 27.7 Å². The van der Waals surface area contributed by atoms with Crippen LogP contribution in [0.4, 0.5) is 0 Å². The molecule has 0 aromatic heterocycles. The fourth-order valence-electron chi connectivity index (χ4n) is 5.04. The van der Waals surface area contributed by atoms with Crippen LogP contribution in [0.25, 0.3) is 0 Å². The molecular formula is C33H69BO3S3. The minimum absolute atomic E-state index is 0.481. The van der Waals surface area contributed by atoms with Crippen molar-refractivity contribution in [2.24, 2.45) is 0 Å². The minimum Gasteiger partial charge on any atom is -0.386 e. The molecule has 7 heteroatoms. The lowest BCUT2D eigenvalue weighted by atomic mass is 10.1. The smallest absolute Gasteiger partial charge is 0.386 e. The highest BCUT2D eigenvalue weighted by molar-refractivity contribution is 7.80. The van der Waals surface area contributed by atoms with E-state index in [-0.39, 0.29) is 0 Å². The van der Waals surface area contributed by atoms with E-state index in [0.29, 0.717) is 0 Å². The van der Waals surface area contributed by atoms with Crippen LogP contribution in [0.15, 0.2) is 0 Å². The summed E-state index contributed by atoms with van der Waals surface area (Å²) in [5.41, 5.74) is 0. The lowest BCUT2D eigenvalue weighted by Crippen LogP contribution is -2.28. The minimum atomic E-state index is -0.481. The van der Waals surface area contributed by atoms with Gasteiger partial charge in [-0.3, -0.25) is 0 Å². The lowest BCUT2D eigenvalue weighted by molar-refractivity contribution is 0.0885. The molecule has 0 saturated heterocycles. The zero-order valence-electron chi connectivity index (χ0n) is 26.5. The van der Waals surface area contributed by atoms with Crippen molar-refractivity contribution in [1.29, 1.82) is 0 Å². The summed E-state index contributed by atoms with van der Waals surface area (Å²) in [6.07, 6.45) is 35.2. The van der Waals surface area contributed by atoms with Crippen molar-refractivity contribution < 1.29 is 14.0 Å². The Hall–Kier alpha value is 0.995. The first-order chi connectivity index (χ1) is 19.8. The molecule has 3 nitrogen and oxygen atoms in total. The largest absolute Gasteiger partial charge is 0.639 e. The van der Waals surface area contributed by atoms with Gasteiger partial charge in [0.15, 0.2) is 0 Å². The van der Waals surface area contributed by atoms with E-state index in [1.165, 1.54) is 154 Å². The molecule has 0 aliphatic heterocycles. The van der Waals surface area contributed by atoms with Crippen molar-refractivity contribution in [3.8, 4) is 0 Å². The molecular weight excluding hydrogens is 551 g/mol. The summed E-state index contributed by atoms with van der Waals surface area (Å²) >= 11 is 12.9. The second kappa shape index (κ2) is 38.0. The second-order valence-corrected chi connectivity index (χ2v) is 13.0. The molecule has 0 unspecified atom stereocenters. The van der Waals surface area contributed by atoms with Gasteiger partial charge in [0.2, 0.25) is 0 Å². The molecule has 0 saturated carbocycles. The number of hydrogen-bond donors (Lipinski definition) is 3. The van der Waals surface area contributed by atoms with E-state index in [2.05, 4.69) is 37.9 Å². The zero-order chi connectivity index (χ0) is 29.0. The first-order valence-corrected chi connectivity index (χ1v) is 19.4. The summed E-state index contributed by atoms with van der Waals surface area (Å²) in [5.74, 6) is 3.09. The Kier molecular flexibility index (Phi) is 39.0. The highest BCUT2D eigenvalue weighted by Gasteiger charge is 2.20. The van der Waals surface area contributed by atoms with E-state index < -0.39 is 7.32 Å². The Labute approximate surface area is 268 Å². The van der Waals surface area contributed by atoms with Crippen molar-refractivity contribution >= 4 is 45.2 Å². The summed E-state index contributed by atoms with van der Waals surface area (Å²) in [6.45, 7) is 2.23. The van der Waals surface area contributed by atoms with Gasteiger partial charge < -0.3 is 14.0 Å². The van der Waals surface area contributed by atoms with Gasteiger partial charge in [0.25, 0.3) is 0 Å². The van der Waals surface area contributed by atoms with Crippen LogP contribution in [-0.4, -0.2) is 44.4 Å². The van der Waals surface area contributed by atoms with E-state index in [4.69, 9.17) is 14.0 Å². The highest BCUT2D eigenvalue weighted by atomic mass is 32.1. The molecule has 240 valence electrons. The third-order valence-electron chi connectivity index (χ3n) is 7.67. The SMILES string of the molecule is SCCCCCCCCCCCOB(OCCCCCCCCCCCS)OCCCCCCCCCCCS. The Morgan fingerprint density at radius 2 is 0.425 bits per heavy atom. The van der Waals surface area contributed by atoms with Gasteiger partial charge in [-0.2, -0.15) is 37.9 Å². The molecule has 0 fully saturated rings. The maximum atomic E-state index is 6.04. The fraction of sp³-hybridized carbons (Fsp3) is 1.00. The van der Waals surface area contributed by atoms with E-state index in [0.717, 1.165) is 56.3 Å². The van der Waals surface area contributed by atoms with Gasteiger partial charge in [0.1, 0.15) is 0 Å². The Bertz CT molecular complexity index is 387. The van der Waals surface area contributed by atoms with Gasteiger partial charge in [-0.25, -0.2) is 0 Å². The van der Waals surface area contributed by atoms with Crippen LogP contribution in [0.1, 0.15) is 173 Å². The van der Waals surface area contributed by atoms with Gasteiger partial charge in [-0.05, 0) is 55.8 Å². The average Bonchev–Trinajstić information content (AvgIpc) is 2.97. The third kappa shape index (κ3) is 35.2. The fourth-order valence-corrected chi connectivity index (χ4v) is 5.71. The molecule has 0 atom stereocenters. The molecule has 0 radical (unpaired) electrons. The molecule has 0 N–H and O–H groups in total. The van der Waals surface area contributed by atoms with E-state index in [1.807, 2.05) is 0 Å². The number of hydrogen-bond acceptors (Lipinski definition) is 6. The number of thiol groups is 3. The predicted molar refractivity (Wildman–Crippen MR) is 190 cm³/mol. The van der Waals surface area contributed by atoms with Crippen molar-refractivity contribution in [1.82, 2.24) is 0 Å². The molecule has 0 spiro atoms. The lowest BCUT2D eigenvalue weighted by Gasteiger charge is -2.15. The molecule has 0 rings (SSSR count). The van der Waals surface area contributed by atoms with Gasteiger partial charge in [-0.1, -0.05) is 135 Å². The quantitative estimate of drug-likeness (QED) is 0.0370. The second-order valence-electron chi connectivity index (χ2n) is 11.6. The van der Waals surface area contributed by atoms with Crippen molar-refractivity contribution in [2.45, 2.75) is 173 Å². The first-order valence-electron chi connectivity index (χ1n) is 17.5. The third-order valence-corrected chi connectivity index (χ3v) is 8.62. The maximum absolute atomic E-state index is 6.04. The monoisotopic (exact) mass is 620 g/mol. The zero-order valence-corrected chi connectivity index (χ0v) is 29.2. The van der Waals surface area contributed by atoms with Crippen LogP contribution < -0.4 is 0 Å². The van der Waals surface area contributed by atoms with Gasteiger partial charge in [0.05, 0.1) is 0 Å². The number of unbranched alkanes of at least 4 members (excludes halogenated alkanes) is 24. The summed E-state index contributed by atoms with van der Waals surface area (Å²) in [6, 6.07) is 0. The number of rotatable bonds is 36. The molecule has 0 amide bonds. The van der Waals surface area contributed by atoms with Crippen molar-refractivity contribution in [3.05, 3.63) is 0 Å². The van der Waals surface area contributed by atoms with Gasteiger partial charge in [0, 0.05) is 19.8 Å². The highest BCUT2D eigenvalue weighted by Crippen LogP contribution is 2.13. The maximum Gasteiger partial charge on any atom is 0.639 e. The van der Waals surface area contributed by atoms with Crippen LogP contribution in [0.2, 0.25) is 0 Å². The van der Waals surface area contributed by atoms with Crippen molar-refractivity contribution in [2.75, 3.05) is 37.1 Å². The molecule has 0 aliphatic carbocycles. The van der Waals surface area contributed by atoms with Crippen LogP contribution in [-0.2, 0) is 14.0 Å². The summed E-state index contributed by atoms with van der Waals surface area (Å²) in [7, 11) is -0.481. The molecule has 0 aliphatic rings.